The molecule has 5 heteroatoms. The highest BCUT2D eigenvalue weighted by atomic mass is 32.1. The van der Waals surface area contributed by atoms with Gasteiger partial charge in [0.1, 0.15) is 0 Å². The highest BCUT2D eigenvalue weighted by Crippen LogP contribution is 2.08. The summed E-state index contributed by atoms with van der Waals surface area (Å²) in [6.07, 6.45) is 0. The molecule has 4 nitrogen and oxygen atoms in total. The van der Waals surface area contributed by atoms with Crippen molar-refractivity contribution in [2.75, 3.05) is 0 Å². The Bertz CT molecular complexity index is 592. The number of aryl methyl sites for hydroxylation is 1. The fourth-order valence-electron chi connectivity index (χ4n) is 1.36. The van der Waals surface area contributed by atoms with E-state index in [-0.39, 0.29) is 5.69 Å². The third-order valence-corrected chi connectivity index (χ3v) is 3.41. The Labute approximate surface area is 97.3 Å². The second-order valence-electron chi connectivity index (χ2n) is 3.36. The third-order valence-electron chi connectivity index (χ3n) is 2.25. The van der Waals surface area contributed by atoms with E-state index in [1.54, 1.807) is 15.6 Å². The number of para-hydroxylation sites is 1. The SMILES string of the molecule is CCn1sc(=Nc2ccccc2)n(C)c1=O. The minimum absolute atomic E-state index is 0.0119. The van der Waals surface area contributed by atoms with E-state index in [0.29, 0.717) is 6.54 Å². The van der Waals surface area contributed by atoms with Crippen LogP contribution in [0.4, 0.5) is 5.69 Å². The summed E-state index contributed by atoms with van der Waals surface area (Å²) in [5.41, 5.74) is 0.852. The van der Waals surface area contributed by atoms with Gasteiger partial charge in [-0.1, -0.05) is 18.2 Å². The summed E-state index contributed by atoms with van der Waals surface area (Å²) in [7, 11) is 1.74. The standard InChI is InChI=1S/C11H13N3OS/c1-3-14-11(15)13(2)10(16-14)12-9-7-5-4-6-8-9/h4-8H,3H2,1-2H3. The van der Waals surface area contributed by atoms with E-state index >= 15 is 0 Å². The van der Waals surface area contributed by atoms with Crippen molar-refractivity contribution in [2.45, 2.75) is 13.5 Å². The number of hydrogen-bond acceptors (Lipinski definition) is 3. The van der Waals surface area contributed by atoms with Crippen LogP contribution in [-0.2, 0) is 13.6 Å². The molecule has 1 aromatic heterocycles. The molecule has 84 valence electrons. The Kier molecular flexibility index (Phi) is 3.05. The second-order valence-corrected chi connectivity index (χ2v) is 4.35. The van der Waals surface area contributed by atoms with Crippen LogP contribution in [0.1, 0.15) is 6.92 Å². The minimum atomic E-state index is -0.0119. The number of aromatic nitrogens is 2. The Morgan fingerprint density at radius 3 is 2.56 bits per heavy atom. The van der Waals surface area contributed by atoms with Crippen LogP contribution in [0.5, 0.6) is 0 Å². The van der Waals surface area contributed by atoms with Crippen molar-refractivity contribution >= 4 is 17.2 Å². The van der Waals surface area contributed by atoms with Gasteiger partial charge in [-0.3, -0.25) is 4.57 Å². The van der Waals surface area contributed by atoms with Gasteiger partial charge in [-0.15, -0.1) is 0 Å². The van der Waals surface area contributed by atoms with Crippen LogP contribution in [0, 0.1) is 0 Å². The summed E-state index contributed by atoms with van der Waals surface area (Å²) in [5, 5.41) is 0. The summed E-state index contributed by atoms with van der Waals surface area (Å²) >= 11 is 1.38. The zero-order valence-corrected chi connectivity index (χ0v) is 10.1. The molecule has 0 aliphatic rings. The van der Waals surface area contributed by atoms with Crippen LogP contribution in [0.25, 0.3) is 0 Å². The first-order valence-corrected chi connectivity index (χ1v) is 5.86. The van der Waals surface area contributed by atoms with Gasteiger partial charge >= 0.3 is 5.69 Å². The zero-order valence-electron chi connectivity index (χ0n) is 9.25. The highest BCUT2D eigenvalue weighted by molar-refractivity contribution is 7.03. The Hall–Kier alpha value is -1.62. The lowest BCUT2D eigenvalue weighted by molar-refractivity contribution is 0.713. The first-order valence-electron chi connectivity index (χ1n) is 5.09. The maximum atomic E-state index is 11.7. The molecule has 2 rings (SSSR count). The lowest BCUT2D eigenvalue weighted by atomic mass is 10.3. The van der Waals surface area contributed by atoms with E-state index in [1.165, 1.54) is 11.5 Å². The molecule has 0 saturated carbocycles. The van der Waals surface area contributed by atoms with E-state index in [2.05, 4.69) is 4.99 Å². The van der Waals surface area contributed by atoms with E-state index in [9.17, 15) is 4.79 Å². The van der Waals surface area contributed by atoms with Gasteiger partial charge in [0.15, 0.2) is 0 Å². The van der Waals surface area contributed by atoms with Crippen molar-refractivity contribution in [1.29, 1.82) is 0 Å². The van der Waals surface area contributed by atoms with Gasteiger partial charge in [-0.25, -0.2) is 13.7 Å². The molecule has 0 amide bonds. The maximum absolute atomic E-state index is 11.7. The van der Waals surface area contributed by atoms with E-state index in [0.717, 1.165) is 10.5 Å². The Morgan fingerprint density at radius 2 is 2.00 bits per heavy atom. The van der Waals surface area contributed by atoms with E-state index in [1.807, 2.05) is 37.3 Å². The predicted octanol–water partition coefficient (Wildman–Crippen LogP) is 1.50. The monoisotopic (exact) mass is 235 g/mol. The molecule has 0 bridgehead atoms. The molecule has 1 heterocycles. The van der Waals surface area contributed by atoms with E-state index in [4.69, 9.17) is 0 Å². The Morgan fingerprint density at radius 1 is 1.31 bits per heavy atom. The largest absolute Gasteiger partial charge is 0.339 e. The molecule has 0 N–H and O–H groups in total. The minimum Gasteiger partial charge on any atom is -0.271 e. The second kappa shape index (κ2) is 4.49. The number of hydrogen-bond donors (Lipinski definition) is 0. The average molecular weight is 235 g/mol. The van der Waals surface area contributed by atoms with Crippen molar-refractivity contribution in [3.05, 3.63) is 45.6 Å². The molecule has 2 aromatic rings. The van der Waals surface area contributed by atoms with Crippen LogP contribution in [0.2, 0.25) is 0 Å². The normalized spacial score (nSPS) is 12.0. The Balaban J connectivity index is 2.57. The maximum Gasteiger partial charge on any atom is 0.339 e. The summed E-state index contributed by atoms with van der Waals surface area (Å²) in [4.78, 5) is 16.8. The lowest BCUT2D eigenvalue weighted by Gasteiger charge is -1.90. The van der Waals surface area contributed by atoms with Crippen molar-refractivity contribution in [1.82, 2.24) is 8.52 Å². The number of nitrogens with zero attached hydrogens (tertiary/aromatic N) is 3. The van der Waals surface area contributed by atoms with Crippen LogP contribution >= 0.6 is 11.5 Å². The van der Waals surface area contributed by atoms with Gasteiger partial charge in [-0.2, -0.15) is 0 Å². The predicted molar refractivity (Wildman–Crippen MR) is 64.9 cm³/mol. The van der Waals surface area contributed by atoms with Crippen molar-refractivity contribution in [2.24, 2.45) is 12.0 Å². The van der Waals surface area contributed by atoms with Gasteiger partial charge in [0, 0.05) is 13.6 Å². The van der Waals surface area contributed by atoms with Crippen LogP contribution in [-0.4, -0.2) is 8.52 Å². The first kappa shape index (κ1) is 10.9. The van der Waals surface area contributed by atoms with Gasteiger partial charge in [0.05, 0.1) is 5.69 Å². The van der Waals surface area contributed by atoms with Gasteiger partial charge in [0.25, 0.3) is 0 Å². The molecule has 0 aliphatic heterocycles. The van der Waals surface area contributed by atoms with Crippen LogP contribution in [0.15, 0.2) is 40.1 Å². The lowest BCUT2D eigenvalue weighted by Crippen LogP contribution is -2.25. The van der Waals surface area contributed by atoms with Gasteiger partial charge in [-0.05, 0) is 30.6 Å². The number of rotatable bonds is 2. The molecule has 0 atom stereocenters. The van der Waals surface area contributed by atoms with Crippen molar-refractivity contribution in [3.63, 3.8) is 0 Å². The van der Waals surface area contributed by atoms with Crippen molar-refractivity contribution in [3.8, 4) is 0 Å². The average Bonchev–Trinajstić information content (AvgIpc) is 2.58. The molecular weight excluding hydrogens is 222 g/mol. The summed E-state index contributed by atoms with van der Waals surface area (Å²) in [6.45, 7) is 2.63. The topological polar surface area (TPSA) is 39.3 Å². The van der Waals surface area contributed by atoms with Gasteiger partial charge < -0.3 is 0 Å². The van der Waals surface area contributed by atoms with Crippen LogP contribution < -0.4 is 10.5 Å². The van der Waals surface area contributed by atoms with Crippen molar-refractivity contribution < 1.29 is 0 Å². The van der Waals surface area contributed by atoms with E-state index < -0.39 is 0 Å². The van der Waals surface area contributed by atoms with Gasteiger partial charge in [0.2, 0.25) is 4.80 Å². The summed E-state index contributed by atoms with van der Waals surface area (Å²) in [6, 6.07) is 9.64. The quantitative estimate of drug-likeness (QED) is 0.777. The zero-order chi connectivity index (χ0) is 11.5. The molecule has 0 aliphatic carbocycles. The molecule has 16 heavy (non-hydrogen) atoms. The molecule has 0 unspecified atom stereocenters. The molecule has 0 radical (unpaired) electrons. The fourth-order valence-corrected chi connectivity index (χ4v) is 2.23. The summed E-state index contributed by atoms with van der Waals surface area (Å²) < 4.78 is 3.25. The molecule has 0 spiro atoms. The number of benzene rings is 1. The molecule has 0 fully saturated rings. The van der Waals surface area contributed by atoms with Crippen LogP contribution in [0.3, 0.4) is 0 Å². The highest BCUT2D eigenvalue weighted by Gasteiger charge is 2.02. The first-order chi connectivity index (χ1) is 7.72. The smallest absolute Gasteiger partial charge is 0.271 e. The molecule has 1 aromatic carbocycles. The third kappa shape index (κ3) is 1.99. The fraction of sp³-hybridized carbons (Fsp3) is 0.273. The summed E-state index contributed by atoms with van der Waals surface area (Å²) in [5.74, 6) is 0. The molecule has 0 saturated heterocycles. The molecular formula is C11H13N3OS.